The van der Waals surface area contributed by atoms with Crippen LogP contribution in [0.15, 0.2) is 54.6 Å². The topological polar surface area (TPSA) is 205 Å². The lowest BCUT2D eigenvalue weighted by molar-refractivity contribution is -0.358. The van der Waals surface area contributed by atoms with Crippen molar-refractivity contribution in [3.63, 3.8) is 0 Å². The molecule has 0 aliphatic carbocycles. The first-order valence-corrected chi connectivity index (χ1v) is 12.9. The molecule has 2 aliphatic heterocycles. The first kappa shape index (κ1) is 30.8. The average Bonchev–Trinajstić information content (AvgIpc) is 2.97. The molecule has 0 bridgehead atoms. The van der Waals surface area contributed by atoms with Gasteiger partial charge in [-0.05, 0) is 36.3 Å². The van der Waals surface area contributed by atoms with Crippen molar-refractivity contribution in [2.24, 2.45) is 0 Å². The van der Waals surface area contributed by atoms with Crippen LogP contribution in [-0.2, 0) is 35.1 Å². The lowest BCUT2D eigenvalue weighted by Crippen LogP contribution is -2.65. The molecule has 7 N–H and O–H groups in total. The van der Waals surface area contributed by atoms with Crippen LogP contribution in [0.5, 0.6) is 11.5 Å². The third kappa shape index (κ3) is 7.40. The fourth-order valence-corrected chi connectivity index (χ4v) is 4.49. The number of rotatable bonds is 9. The molecule has 0 aromatic heterocycles. The van der Waals surface area contributed by atoms with Gasteiger partial charge in [0.05, 0.1) is 19.3 Å². The highest BCUT2D eigenvalue weighted by molar-refractivity contribution is 5.87. The molecule has 0 spiro atoms. The van der Waals surface area contributed by atoms with Crippen LogP contribution in [0, 0.1) is 0 Å². The number of phenolic OH excluding ortho intramolecular Hbond substituents is 2. The summed E-state index contributed by atoms with van der Waals surface area (Å²) in [6, 6.07) is 12.9. The minimum atomic E-state index is -1.73. The van der Waals surface area contributed by atoms with Crippen molar-refractivity contribution < 1.29 is 64.2 Å². The van der Waals surface area contributed by atoms with Gasteiger partial charge in [-0.15, -0.1) is 0 Å². The summed E-state index contributed by atoms with van der Waals surface area (Å²) < 4.78 is 28.3. The molecule has 2 saturated heterocycles. The quantitative estimate of drug-likeness (QED) is 0.114. The standard InChI is InChI=1S/C28H34O13/c1-14-21(33)22(34)23(35)28(38-14)41-26-24(36)27(37-13-16-5-3-2-4-6-16)39-19(12-29)25(26)40-20(32)10-8-15-7-9-17(30)18(31)11-15/h2-11,14,19,21-31,33-36H,12-13H2,1H3/t14-,19+,21-,22+,23+,24+,25+,26+,27+,28-/m0/s1. The van der Waals surface area contributed by atoms with Crippen LogP contribution >= 0.6 is 0 Å². The van der Waals surface area contributed by atoms with Crippen LogP contribution in [-0.4, -0.2) is 110 Å². The normalized spacial score (nSPS) is 34.0. The maximum Gasteiger partial charge on any atom is 0.331 e. The van der Waals surface area contributed by atoms with Crippen LogP contribution < -0.4 is 0 Å². The van der Waals surface area contributed by atoms with E-state index in [2.05, 4.69) is 0 Å². The molecule has 0 radical (unpaired) electrons. The Bertz CT molecular complexity index is 1170. The lowest BCUT2D eigenvalue weighted by Gasteiger charge is -2.46. The van der Waals surface area contributed by atoms with Gasteiger partial charge in [0.2, 0.25) is 0 Å². The van der Waals surface area contributed by atoms with Gasteiger partial charge in [0.15, 0.2) is 30.2 Å². The van der Waals surface area contributed by atoms with E-state index in [0.29, 0.717) is 5.56 Å². The van der Waals surface area contributed by atoms with E-state index in [-0.39, 0.29) is 12.4 Å². The number of carbonyl (C=O) groups excluding carboxylic acids is 1. The molecule has 13 heteroatoms. The van der Waals surface area contributed by atoms with Gasteiger partial charge in [0, 0.05) is 6.08 Å². The Morgan fingerprint density at radius 2 is 1.61 bits per heavy atom. The summed E-state index contributed by atoms with van der Waals surface area (Å²) in [5, 5.41) is 71.2. The Labute approximate surface area is 235 Å². The summed E-state index contributed by atoms with van der Waals surface area (Å²) in [5.41, 5.74) is 1.12. The molecule has 4 rings (SSSR count). The molecule has 0 saturated carbocycles. The third-order valence-electron chi connectivity index (χ3n) is 6.81. The van der Waals surface area contributed by atoms with Crippen LogP contribution in [0.1, 0.15) is 18.1 Å². The molecule has 10 atom stereocenters. The Balaban J connectivity index is 1.55. The van der Waals surface area contributed by atoms with Crippen LogP contribution in [0.3, 0.4) is 0 Å². The third-order valence-corrected chi connectivity index (χ3v) is 6.81. The van der Waals surface area contributed by atoms with Crippen molar-refractivity contribution in [3.8, 4) is 11.5 Å². The second-order valence-corrected chi connectivity index (χ2v) is 9.78. The van der Waals surface area contributed by atoms with E-state index in [1.807, 2.05) is 6.07 Å². The zero-order valence-electron chi connectivity index (χ0n) is 22.0. The van der Waals surface area contributed by atoms with Gasteiger partial charge in [0.1, 0.15) is 36.6 Å². The van der Waals surface area contributed by atoms with Gasteiger partial charge in [-0.3, -0.25) is 0 Å². The number of ether oxygens (including phenoxy) is 5. The number of hydrogen-bond donors (Lipinski definition) is 7. The van der Waals surface area contributed by atoms with E-state index in [0.717, 1.165) is 11.6 Å². The second kappa shape index (κ2) is 13.7. The zero-order valence-corrected chi connectivity index (χ0v) is 22.0. The molecule has 41 heavy (non-hydrogen) atoms. The van der Waals surface area contributed by atoms with Crippen LogP contribution in [0.25, 0.3) is 6.08 Å². The number of carbonyl (C=O) groups is 1. The number of aliphatic hydroxyl groups excluding tert-OH is 5. The van der Waals surface area contributed by atoms with Crippen molar-refractivity contribution in [2.45, 2.75) is 74.9 Å². The molecule has 2 fully saturated rings. The van der Waals surface area contributed by atoms with Crippen LogP contribution in [0.4, 0.5) is 0 Å². The first-order valence-electron chi connectivity index (χ1n) is 12.9. The number of aromatic hydroxyl groups is 2. The van der Waals surface area contributed by atoms with Gasteiger partial charge in [-0.2, -0.15) is 0 Å². The molecule has 2 heterocycles. The molecule has 2 aromatic carbocycles. The summed E-state index contributed by atoms with van der Waals surface area (Å²) in [7, 11) is 0. The summed E-state index contributed by atoms with van der Waals surface area (Å²) in [5.74, 6) is -1.68. The van der Waals surface area contributed by atoms with E-state index >= 15 is 0 Å². The van der Waals surface area contributed by atoms with Gasteiger partial charge in [-0.1, -0.05) is 36.4 Å². The zero-order chi connectivity index (χ0) is 29.7. The Morgan fingerprint density at radius 1 is 0.878 bits per heavy atom. The van der Waals surface area contributed by atoms with E-state index in [4.69, 9.17) is 23.7 Å². The van der Waals surface area contributed by atoms with E-state index in [1.165, 1.54) is 31.2 Å². The SMILES string of the molecule is C[C@@H]1O[C@@H](O[C@@H]2[C@@H](O)[C@H](OCc3ccccc3)O[C@H](CO)[C@H]2OC(=O)C=Cc2ccc(O)c(O)c2)[C@H](O)[C@H](O)[C@H]1O. The molecule has 0 unspecified atom stereocenters. The smallest absolute Gasteiger partial charge is 0.331 e. The number of hydrogen-bond acceptors (Lipinski definition) is 13. The lowest BCUT2D eigenvalue weighted by atomic mass is 9.97. The molecule has 13 nitrogen and oxygen atoms in total. The molecular formula is C28H34O13. The minimum absolute atomic E-state index is 0.0184. The minimum Gasteiger partial charge on any atom is -0.504 e. The molecule has 224 valence electrons. The van der Waals surface area contributed by atoms with Gasteiger partial charge in [-0.25, -0.2) is 4.79 Å². The highest BCUT2D eigenvalue weighted by Crippen LogP contribution is 2.32. The highest BCUT2D eigenvalue weighted by Gasteiger charge is 2.52. The fraction of sp³-hybridized carbons (Fsp3) is 0.464. The van der Waals surface area contributed by atoms with Gasteiger partial charge < -0.3 is 59.4 Å². The Hall–Kier alpha value is -3.11. The molecule has 2 aliphatic rings. The largest absolute Gasteiger partial charge is 0.504 e. The van der Waals surface area contributed by atoms with Crippen molar-refractivity contribution >= 4 is 12.0 Å². The molecular weight excluding hydrogens is 544 g/mol. The van der Waals surface area contributed by atoms with Crippen molar-refractivity contribution in [1.82, 2.24) is 0 Å². The Kier molecular flexibility index (Phi) is 10.3. The number of phenols is 2. The monoisotopic (exact) mass is 578 g/mol. The first-order chi connectivity index (χ1) is 19.6. The van der Waals surface area contributed by atoms with Gasteiger partial charge in [0.25, 0.3) is 0 Å². The van der Waals surface area contributed by atoms with Crippen molar-refractivity contribution in [2.75, 3.05) is 6.61 Å². The van der Waals surface area contributed by atoms with Crippen molar-refractivity contribution in [1.29, 1.82) is 0 Å². The van der Waals surface area contributed by atoms with Gasteiger partial charge >= 0.3 is 5.97 Å². The maximum absolute atomic E-state index is 12.8. The summed E-state index contributed by atoms with van der Waals surface area (Å²) in [6.07, 6.45) is -12.2. The molecule has 0 amide bonds. The Morgan fingerprint density at radius 3 is 2.29 bits per heavy atom. The van der Waals surface area contributed by atoms with E-state index in [9.17, 15) is 40.5 Å². The van der Waals surface area contributed by atoms with E-state index < -0.39 is 79.7 Å². The number of benzene rings is 2. The van der Waals surface area contributed by atoms with Crippen molar-refractivity contribution in [3.05, 3.63) is 65.7 Å². The second-order valence-electron chi connectivity index (χ2n) is 9.78. The predicted octanol–water partition coefficient (Wildman–Crippen LogP) is -0.470. The average molecular weight is 579 g/mol. The predicted molar refractivity (Wildman–Crippen MR) is 139 cm³/mol. The van der Waals surface area contributed by atoms with E-state index in [1.54, 1.807) is 24.3 Å². The summed E-state index contributed by atoms with van der Waals surface area (Å²) in [6.45, 7) is 0.782. The fourth-order valence-electron chi connectivity index (χ4n) is 4.49. The number of aliphatic hydroxyl groups is 5. The summed E-state index contributed by atoms with van der Waals surface area (Å²) in [4.78, 5) is 12.8. The number of esters is 1. The maximum atomic E-state index is 12.8. The van der Waals surface area contributed by atoms with Crippen LogP contribution in [0.2, 0.25) is 0 Å². The summed E-state index contributed by atoms with van der Waals surface area (Å²) >= 11 is 0. The molecule has 2 aromatic rings. The highest BCUT2D eigenvalue weighted by atomic mass is 16.7.